The summed E-state index contributed by atoms with van der Waals surface area (Å²) in [5.41, 5.74) is 0.779. The molecule has 1 atom stereocenters. The van der Waals surface area contributed by atoms with E-state index in [1.165, 1.54) is 0 Å². The average Bonchev–Trinajstić information content (AvgIpc) is 2.97. The maximum absolute atomic E-state index is 12.7. The van der Waals surface area contributed by atoms with Crippen LogP contribution in [0.15, 0.2) is 27.6 Å². The van der Waals surface area contributed by atoms with E-state index in [2.05, 4.69) is 22.9 Å². The zero-order valence-corrected chi connectivity index (χ0v) is 19.1. The maximum Gasteiger partial charge on any atom is 0.294 e. The Morgan fingerprint density at radius 3 is 2.66 bits per heavy atom. The minimum absolute atomic E-state index is 0.103. The lowest BCUT2D eigenvalue weighted by Crippen LogP contribution is -2.44. The van der Waals surface area contributed by atoms with Gasteiger partial charge in [0.05, 0.1) is 15.5 Å². The van der Waals surface area contributed by atoms with Crippen LogP contribution in [0, 0.1) is 0 Å². The van der Waals surface area contributed by atoms with E-state index in [1.807, 2.05) is 25.1 Å². The van der Waals surface area contributed by atoms with Crippen molar-refractivity contribution in [1.29, 1.82) is 0 Å². The second-order valence-corrected chi connectivity index (χ2v) is 9.08. The summed E-state index contributed by atoms with van der Waals surface area (Å²) in [5, 5.41) is -0.401. The number of hydrogen-bond acceptors (Lipinski definition) is 5. The number of carbonyl (C=O) groups is 3. The molecule has 2 aliphatic heterocycles. The topological polar surface area (TPSA) is 66.9 Å². The minimum Gasteiger partial charge on any atom is -0.490 e. The lowest BCUT2D eigenvalue weighted by Gasteiger charge is -2.27. The lowest BCUT2D eigenvalue weighted by molar-refractivity contribution is -0.136. The first kappa shape index (κ1) is 21.9. The number of nitrogens with zero attached hydrogens (tertiary/aromatic N) is 2. The second kappa shape index (κ2) is 9.80. The van der Waals surface area contributed by atoms with Crippen LogP contribution in [0.4, 0.5) is 4.79 Å². The number of halogens is 1. The third kappa shape index (κ3) is 5.42. The number of rotatable bonds is 6. The number of piperidine rings is 1. The molecule has 1 aromatic carbocycles. The highest BCUT2D eigenvalue weighted by Crippen LogP contribution is 2.34. The number of hydrogen-bond donors (Lipinski definition) is 0. The Morgan fingerprint density at radius 2 is 2.00 bits per heavy atom. The second-order valence-electron chi connectivity index (χ2n) is 7.24. The molecule has 2 aliphatic rings. The molecule has 3 amide bonds. The van der Waals surface area contributed by atoms with Crippen LogP contribution in [0.1, 0.15) is 45.1 Å². The van der Waals surface area contributed by atoms with Crippen molar-refractivity contribution in [2.24, 2.45) is 0 Å². The molecule has 0 unspecified atom stereocenters. The third-order valence-corrected chi connectivity index (χ3v) is 6.56. The monoisotopic (exact) mass is 480 g/mol. The number of carbonyl (C=O) groups excluding carboxylic acids is 3. The Hall–Kier alpha value is -1.80. The van der Waals surface area contributed by atoms with Gasteiger partial charge in [-0.1, -0.05) is 13.0 Å². The third-order valence-electron chi connectivity index (χ3n) is 5.03. The van der Waals surface area contributed by atoms with Gasteiger partial charge in [-0.25, -0.2) is 0 Å². The van der Waals surface area contributed by atoms with E-state index in [-0.39, 0.29) is 18.6 Å². The molecule has 0 aliphatic carbocycles. The number of imide groups is 1. The van der Waals surface area contributed by atoms with E-state index in [9.17, 15) is 14.4 Å². The van der Waals surface area contributed by atoms with E-state index in [0.29, 0.717) is 18.0 Å². The quantitative estimate of drug-likeness (QED) is 0.553. The standard InChI is InChI=1S/C21H25BrN2O4S/c1-3-14(2)28-17-8-7-15(11-16(17)22)12-18-20(26)24(21(27)29-18)13-19(25)23-9-5-4-6-10-23/h7-8,11-12,14H,3-6,9-10,13H2,1-2H3/b18-12-/t14-/m1/s1. The summed E-state index contributed by atoms with van der Waals surface area (Å²) in [6, 6.07) is 5.53. The van der Waals surface area contributed by atoms with E-state index in [0.717, 1.165) is 58.1 Å². The van der Waals surface area contributed by atoms with Crippen molar-refractivity contribution < 1.29 is 19.1 Å². The summed E-state index contributed by atoms with van der Waals surface area (Å²) in [4.78, 5) is 40.5. The van der Waals surface area contributed by atoms with E-state index in [4.69, 9.17) is 4.74 Å². The molecule has 3 rings (SSSR count). The number of ether oxygens (including phenoxy) is 1. The SMILES string of the molecule is CC[C@@H](C)Oc1ccc(/C=C2\SC(=O)N(CC(=O)N3CCCCC3)C2=O)cc1Br. The van der Waals surface area contributed by atoms with E-state index < -0.39 is 11.1 Å². The largest absolute Gasteiger partial charge is 0.490 e. The van der Waals surface area contributed by atoms with Crippen LogP contribution in [-0.4, -0.2) is 52.6 Å². The number of benzene rings is 1. The number of amides is 3. The maximum atomic E-state index is 12.7. The molecule has 8 heteroatoms. The van der Waals surface area contributed by atoms with Gasteiger partial charge in [0.1, 0.15) is 12.3 Å². The fourth-order valence-electron chi connectivity index (χ4n) is 3.17. The smallest absolute Gasteiger partial charge is 0.294 e. The van der Waals surface area contributed by atoms with Crippen molar-refractivity contribution in [3.8, 4) is 5.75 Å². The van der Waals surface area contributed by atoms with Crippen LogP contribution in [-0.2, 0) is 9.59 Å². The predicted molar refractivity (Wildman–Crippen MR) is 118 cm³/mol. The summed E-state index contributed by atoms with van der Waals surface area (Å²) in [6.07, 6.45) is 5.74. The fourth-order valence-corrected chi connectivity index (χ4v) is 4.50. The summed E-state index contributed by atoms with van der Waals surface area (Å²) >= 11 is 4.37. The molecule has 0 N–H and O–H groups in total. The highest BCUT2D eigenvalue weighted by molar-refractivity contribution is 9.10. The van der Waals surface area contributed by atoms with Crippen molar-refractivity contribution in [3.63, 3.8) is 0 Å². The summed E-state index contributed by atoms with van der Waals surface area (Å²) < 4.78 is 6.62. The molecular formula is C21H25BrN2O4S. The van der Waals surface area contributed by atoms with Gasteiger partial charge >= 0.3 is 0 Å². The summed E-state index contributed by atoms with van der Waals surface area (Å²) in [7, 11) is 0. The van der Waals surface area contributed by atoms with Crippen molar-refractivity contribution in [3.05, 3.63) is 33.1 Å². The van der Waals surface area contributed by atoms with Crippen LogP contribution >= 0.6 is 27.7 Å². The van der Waals surface area contributed by atoms with Gasteiger partial charge in [0.2, 0.25) is 5.91 Å². The number of likely N-dealkylation sites (tertiary alicyclic amines) is 1. The predicted octanol–water partition coefficient (Wildman–Crippen LogP) is 4.68. The summed E-state index contributed by atoms with van der Waals surface area (Å²) in [6.45, 7) is 5.27. The highest BCUT2D eigenvalue weighted by atomic mass is 79.9. The molecule has 0 saturated carbocycles. The van der Waals surface area contributed by atoms with Crippen LogP contribution in [0.2, 0.25) is 0 Å². The van der Waals surface area contributed by atoms with Crippen molar-refractivity contribution in [2.75, 3.05) is 19.6 Å². The van der Waals surface area contributed by atoms with Gasteiger partial charge in [-0.05, 0) is 84.1 Å². The van der Waals surface area contributed by atoms with Crippen molar-refractivity contribution >= 4 is 50.8 Å². The Kier molecular flexibility index (Phi) is 7.40. The molecular weight excluding hydrogens is 456 g/mol. The first-order valence-electron chi connectivity index (χ1n) is 9.88. The number of thioether (sulfide) groups is 1. The minimum atomic E-state index is -0.415. The zero-order chi connectivity index (χ0) is 21.0. The first-order chi connectivity index (χ1) is 13.9. The molecule has 2 saturated heterocycles. The van der Waals surface area contributed by atoms with Crippen LogP contribution in [0.3, 0.4) is 0 Å². The molecule has 29 heavy (non-hydrogen) atoms. The van der Waals surface area contributed by atoms with Gasteiger partial charge in [0.15, 0.2) is 0 Å². The lowest BCUT2D eigenvalue weighted by atomic mass is 10.1. The molecule has 1 aromatic rings. The fraction of sp³-hybridized carbons (Fsp3) is 0.476. The first-order valence-corrected chi connectivity index (χ1v) is 11.5. The zero-order valence-electron chi connectivity index (χ0n) is 16.7. The Bertz CT molecular complexity index is 836. The molecule has 0 spiro atoms. The van der Waals surface area contributed by atoms with Gasteiger partial charge in [-0.3, -0.25) is 19.3 Å². The van der Waals surface area contributed by atoms with Crippen LogP contribution in [0.25, 0.3) is 6.08 Å². The van der Waals surface area contributed by atoms with Gasteiger partial charge in [-0.15, -0.1) is 0 Å². The van der Waals surface area contributed by atoms with Crippen molar-refractivity contribution in [1.82, 2.24) is 9.80 Å². The van der Waals surface area contributed by atoms with E-state index in [1.54, 1.807) is 11.0 Å². The Labute approximate surface area is 183 Å². The Morgan fingerprint density at radius 1 is 1.28 bits per heavy atom. The summed E-state index contributed by atoms with van der Waals surface area (Å²) in [5.74, 6) is 0.153. The molecule has 0 aromatic heterocycles. The Balaban J connectivity index is 1.69. The molecule has 2 heterocycles. The van der Waals surface area contributed by atoms with E-state index >= 15 is 0 Å². The van der Waals surface area contributed by atoms with Gasteiger partial charge in [0.25, 0.3) is 11.1 Å². The average molecular weight is 481 g/mol. The molecule has 156 valence electrons. The van der Waals surface area contributed by atoms with Crippen LogP contribution < -0.4 is 4.74 Å². The molecule has 0 bridgehead atoms. The van der Waals surface area contributed by atoms with Gasteiger partial charge in [-0.2, -0.15) is 0 Å². The van der Waals surface area contributed by atoms with Crippen molar-refractivity contribution in [2.45, 2.75) is 45.6 Å². The highest BCUT2D eigenvalue weighted by Gasteiger charge is 2.37. The van der Waals surface area contributed by atoms with Gasteiger partial charge < -0.3 is 9.64 Å². The molecule has 2 fully saturated rings. The molecule has 6 nitrogen and oxygen atoms in total. The van der Waals surface area contributed by atoms with Gasteiger partial charge in [0, 0.05) is 13.1 Å². The molecule has 0 radical (unpaired) electrons. The normalized spacial score (nSPS) is 19.8. The van der Waals surface area contributed by atoms with Crippen LogP contribution in [0.5, 0.6) is 5.75 Å².